The lowest BCUT2D eigenvalue weighted by Gasteiger charge is -2.25. The fraction of sp³-hybridized carbons (Fsp3) is 0.185. The molecule has 0 saturated carbocycles. The van der Waals surface area contributed by atoms with Crippen molar-refractivity contribution < 1.29 is 52.7 Å². The first-order valence-corrected chi connectivity index (χ1v) is 24.6. The third-order valence-corrected chi connectivity index (χ3v) is 17.4. The van der Waals surface area contributed by atoms with Crippen LogP contribution in [0.2, 0.25) is 0 Å². The molecule has 10 rings (SSSR count). The summed E-state index contributed by atoms with van der Waals surface area (Å²) in [4.78, 5) is 1.12. The highest BCUT2D eigenvalue weighted by Crippen LogP contribution is 2.68. The summed E-state index contributed by atoms with van der Waals surface area (Å²) >= 11 is 3.28. The lowest BCUT2D eigenvalue weighted by molar-refractivity contribution is -0.254. The van der Waals surface area contributed by atoms with Gasteiger partial charge in [0.25, 0.3) is 0 Å². The van der Waals surface area contributed by atoms with Gasteiger partial charge in [-0.1, -0.05) is 121 Å². The summed E-state index contributed by atoms with van der Waals surface area (Å²) < 4.78 is 181. The molecule has 2 aliphatic rings. The monoisotopic (exact) mass is 1040 g/mol. The lowest BCUT2D eigenvalue weighted by Crippen LogP contribution is -2.48. The lowest BCUT2D eigenvalue weighted by atomic mass is 10.0. The molecule has 0 spiro atoms. The normalized spacial score (nSPS) is 18.3. The van der Waals surface area contributed by atoms with E-state index in [4.69, 9.17) is 0 Å². The summed E-state index contributed by atoms with van der Waals surface area (Å²) in [6.07, 6.45) is 0. The van der Waals surface area contributed by atoms with E-state index >= 15 is 35.1 Å². The number of halogens is 12. The highest BCUT2D eigenvalue weighted by Gasteiger charge is 2.82. The summed E-state index contributed by atoms with van der Waals surface area (Å²) in [5, 5.41) is 0. The minimum atomic E-state index is -5.57. The van der Waals surface area contributed by atoms with E-state index in [1.807, 2.05) is 0 Å². The van der Waals surface area contributed by atoms with Crippen molar-refractivity contribution in [2.75, 3.05) is 0 Å². The van der Waals surface area contributed by atoms with Gasteiger partial charge in [0, 0.05) is 39.0 Å². The van der Waals surface area contributed by atoms with Gasteiger partial charge in [0.2, 0.25) is 0 Å². The van der Waals surface area contributed by atoms with Gasteiger partial charge in [-0.2, -0.15) is 52.7 Å². The van der Waals surface area contributed by atoms with Crippen molar-refractivity contribution in [1.29, 1.82) is 0 Å². The molecular formula is C54H36F12S4. The Labute approximate surface area is 410 Å². The summed E-state index contributed by atoms with van der Waals surface area (Å²) in [5.74, 6) is -31.4. The maximum atomic E-state index is 15.3. The van der Waals surface area contributed by atoms with Crippen LogP contribution in [0.4, 0.5) is 52.7 Å². The highest BCUT2D eigenvalue weighted by molar-refractivity contribution is 7.18. The second kappa shape index (κ2) is 17.6. The van der Waals surface area contributed by atoms with Crippen LogP contribution >= 0.6 is 45.3 Å². The number of hydrogen-bond acceptors (Lipinski definition) is 4. The predicted octanol–water partition coefficient (Wildman–Crippen LogP) is 19.2. The van der Waals surface area contributed by atoms with E-state index in [-0.39, 0.29) is 41.8 Å². The van der Waals surface area contributed by atoms with Crippen LogP contribution in [0.1, 0.15) is 41.8 Å². The molecule has 0 fully saturated rings. The van der Waals surface area contributed by atoms with Crippen LogP contribution < -0.4 is 0 Å². The van der Waals surface area contributed by atoms with Crippen molar-refractivity contribution in [3.05, 3.63) is 187 Å². The summed E-state index contributed by atoms with van der Waals surface area (Å²) in [5.41, 5.74) is -1.44. The van der Waals surface area contributed by atoms with Crippen molar-refractivity contribution in [3.63, 3.8) is 0 Å². The van der Waals surface area contributed by atoms with Crippen LogP contribution in [0.3, 0.4) is 0 Å². The molecule has 0 radical (unpaired) electrons. The van der Waals surface area contributed by atoms with Crippen molar-refractivity contribution in [2.24, 2.45) is 0 Å². The number of allylic oxidation sites excluding steroid dienone is 4. The van der Waals surface area contributed by atoms with Gasteiger partial charge in [0.05, 0.1) is 22.3 Å². The Morgan fingerprint density at radius 1 is 0.271 bits per heavy atom. The molecule has 2 aliphatic carbocycles. The van der Waals surface area contributed by atoms with Crippen LogP contribution in [0.25, 0.3) is 64.1 Å². The van der Waals surface area contributed by atoms with Crippen LogP contribution in [0.15, 0.2) is 146 Å². The largest absolute Gasteiger partial charge is 0.380 e. The molecule has 0 bridgehead atoms. The quantitative estimate of drug-likeness (QED) is 0.133. The molecule has 0 unspecified atom stereocenters. The van der Waals surface area contributed by atoms with Crippen molar-refractivity contribution in [1.82, 2.24) is 0 Å². The van der Waals surface area contributed by atoms with Crippen molar-refractivity contribution >= 4 is 67.6 Å². The van der Waals surface area contributed by atoms with E-state index in [0.29, 0.717) is 41.8 Å². The van der Waals surface area contributed by atoms with Crippen LogP contribution in [0.5, 0.6) is 0 Å². The Morgan fingerprint density at radius 3 is 0.614 bits per heavy atom. The van der Waals surface area contributed by atoms with Crippen LogP contribution in [-0.2, 0) is 0 Å². The molecule has 0 amide bonds. The van der Waals surface area contributed by atoms with E-state index in [0.717, 1.165) is 45.3 Å². The second-order valence-electron chi connectivity index (χ2n) is 16.9. The average Bonchev–Trinajstić information content (AvgIpc) is 4.15. The zero-order valence-corrected chi connectivity index (χ0v) is 40.3. The summed E-state index contributed by atoms with van der Waals surface area (Å²) in [6, 6.07) is 41.4. The average molecular weight is 1040 g/mol. The number of aryl methyl sites for hydroxylation is 4. The Morgan fingerprint density at radius 2 is 0.443 bits per heavy atom. The van der Waals surface area contributed by atoms with Gasteiger partial charge < -0.3 is 0 Å². The summed E-state index contributed by atoms with van der Waals surface area (Å²) in [7, 11) is 0. The molecule has 70 heavy (non-hydrogen) atoms. The molecule has 4 aromatic heterocycles. The Balaban J connectivity index is 0.000000174. The molecule has 4 aromatic carbocycles. The van der Waals surface area contributed by atoms with Gasteiger partial charge in [-0.25, -0.2) is 0 Å². The van der Waals surface area contributed by atoms with Gasteiger partial charge in [0.15, 0.2) is 0 Å². The smallest absolute Gasteiger partial charge is 0.194 e. The molecule has 0 aliphatic heterocycles. The molecule has 0 atom stereocenters. The van der Waals surface area contributed by atoms with Gasteiger partial charge in [-0.15, -0.1) is 45.3 Å². The molecular weight excluding hydrogens is 1000 g/mol. The third-order valence-electron chi connectivity index (χ3n) is 12.1. The summed E-state index contributed by atoms with van der Waals surface area (Å²) in [6.45, 7) is 5.91. The fourth-order valence-corrected chi connectivity index (χ4v) is 13.6. The van der Waals surface area contributed by atoms with Crippen molar-refractivity contribution in [3.8, 4) is 41.8 Å². The molecule has 0 nitrogen and oxygen atoms in total. The SMILES string of the molecule is Cc1cc(-c2ccccc2)sc1C1=C(c2sc(-c3ccccc3)cc2C)C(F)(F)C(F)(F)C1(F)F.Cc1cc(-c2ccccc2)sc1C1=C(c2sc(-c3ccccc3)cc2C)C(F)(F)C(F)(F)C1(F)F. The molecule has 0 N–H and O–H groups in total. The zero-order valence-electron chi connectivity index (χ0n) is 37.0. The van der Waals surface area contributed by atoms with Gasteiger partial charge in [-0.3, -0.25) is 0 Å². The number of rotatable bonds is 8. The first-order valence-electron chi connectivity index (χ1n) is 21.4. The second-order valence-corrected chi connectivity index (χ2v) is 21.1. The Bertz CT molecular complexity index is 2860. The topological polar surface area (TPSA) is 0 Å². The third kappa shape index (κ3) is 7.71. The van der Waals surface area contributed by atoms with Crippen molar-refractivity contribution in [2.45, 2.75) is 63.2 Å². The number of hydrogen-bond donors (Lipinski definition) is 0. The van der Waals surface area contributed by atoms with E-state index in [9.17, 15) is 17.6 Å². The number of benzene rings is 4. The predicted molar refractivity (Wildman–Crippen MR) is 261 cm³/mol. The van der Waals surface area contributed by atoms with E-state index in [2.05, 4.69) is 0 Å². The van der Waals surface area contributed by atoms with Gasteiger partial charge in [0.1, 0.15) is 0 Å². The first-order chi connectivity index (χ1) is 32.9. The maximum absolute atomic E-state index is 15.3. The Hall–Kier alpha value is -5.68. The van der Waals surface area contributed by atoms with Gasteiger partial charge in [-0.05, 0) is 96.5 Å². The van der Waals surface area contributed by atoms with Crippen LogP contribution in [-0.4, -0.2) is 35.5 Å². The zero-order chi connectivity index (χ0) is 50.3. The van der Waals surface area contributed by atoms with E-state index in [1.54, 1.807) is 146 Å². The molecule has 0 saturated heterocycles. The minimum Gasteiger partial charge on any atom is -0.194 e. The van der Waals surface area contributed by atoms with Gasteiger partial charge >= 0.3 is 35.5 Å². The van der Waals surface area contributed by atoms with Crippen LogP contribution in [0, 0.1) is 27.7 Å². The molecule has 4 heterocycles. The molecule has 360 valence electrons. The molecule has 16 heteroatoms. The Kier molecular flexibility index (Phi) is 12.4. The number of thiophene rings is 4. The standard InChI is InChI=1S/2C27H18F6S2/c2*1-15-13-19(17-9-5-3-6-10-17)34-23(15)21-22(26(30,31)27(32,33)25(21,28)29)24-16(2)14-20(35-24)18-11-7-4-8-12-18/h2*3-14H,1-2H3. The van der Waals surface area contributed by atoms with E-state index < -0.39 is 57.8 Å². The highest BCUT2D eigenvalue weighted by atomic mass is 32.1. The van der Waals surface area contributed by atoms with E-state index in [1.165, 1.54) is 27.7 Å². The maximum Gasteiger partial charge on any atom is 0.380 e. The number of alkyl halides is 12. The molecule has 8 aromatic rings. The fourth-order valence-electron chi connectivity index (χ4n) is 8.57. The minimum absolute atomic E-state index is 0.243. The first kappa shape index (κ1) is 49.3.